The normalized spacial score (nSPS) is 10.6. The van der Waals surface area contributed by atoms with Crippen LogP contribution < -0.4 is 5.32 Å². The van der Waals surface area contributed by atoms with Gasteiger partial charge in [0.1, 0.15) is 5.82 Å². The Morgan fingerprint density at radius 1 is 0.903 bits per heavy atom. The van der Waals surface area contributed by atoms with Crippen molar-refractivity contribution >= 4 is 5.91 Å². The number of hydrogen-bond acceptors (Lipinski definition) is 2. The van der Waals surface area contributed by atoms with E-state index in [2.05, 4.69) is 65.0 Å². The number of benzene rings is 3. The Kier molecular flexibility index (Phi) is 6.08. The smallest absolute Gasteiger partial charge is 0.246 e. The highest BCUT2D eigenvalue weighted by Crippen LogP contribution is 2.29. The van der Waals surface area contributed by atoms with E-state index in [1.54, 1.807) is 6.92 Å². The molecular weight excluding hydrogens is 382 g/mol. The van der Waals surface area contributed by atoms with Crippen molar-refractivity contribution in [3.8, 4) is 16.9 Å². The second kappa shape index (κ2) is 9.26. The predicted molar refractivity (Wildman–Crippen MR) is 125 cm³/mol. The molecule has 1 aromatic heterocycles. The Bertz CT molecular complexity index is 1180. The van der Waals surface area contributed by atoms with Crippen LogP contribution in [0.4, 0.5) is 0 Å². The number of carbonyl (C=O) groups excluding carboxylic acids is 1. The second-order valence-corrected chi connectivity index (χ2v) is 7.49. The molecule has 0 unspecified atom stereocenters. The van der Waals surface area contributed by atoms with Gasteiger partial charge in [-0.3, -0.25) is 9.36 Å². The van der Waals surface area contributed by atoms with Crippen LogP contribution in [0.2, 0.25) is 0 Å². The van der Waals surface area contributed by atoms with Crippen molar-refractivity contribution in [3.05, 3.63) is 120 Å². The van der Waals surface area contributed by atoms with Crippen molar-refractivity contribution in [1.29, 1.82) is 0 Å². The fourth-order valence-corrected chi connectivity index (χ4v) is 3.60. The molecule has 0 aliphatic heterocycles. The van der Waals surface area contributed by atoms with Crippen LogP contribution in [0.3, 0.4) is 0 Å². The first-order chi connectivity index (χ1) is 15.1. The van der Waals surface area contributed by atoms with Crippen LogP contribution >= 0.6 is 0 Å². The topological polar surface area (TPSA) is 46.9 Å². The van der Waals surface area contributed by atoms with Gasteiger partial charge in [-0.25, -0.2) is 4.98 Å². The van der Waals surface area contributed by atoms with Crippen LogP contribution in [-0.4, -0.2) is 15.5 Å². The van der Waals surface area contributed by atoms with E-state index < -0.39 is 0 Å². The molecular formula is C27H25N3O. The Hall–Kier alpha value is -3.92. The molecule has 0 aliphatic rings. The van der Waals surface area contributed by atoms with Gasteiger partial charge in [-0.1, -0.05) is 85.4 Å². The fourth-order valence-electron chi connectivity index (χ4n) is 3.60. The van der Waals surface area contributed by atoms with Gasteiger partial charge in [0.15, 0.2) is 0 Å². The number of nitrogens with zero attached hydrogens (tertiary/aromatic N) is 2. The third kappa shape index (κ3) is 4.64. The molecule has 4 aromatic rings. The van der Waals surface area contributed by atoms with E-state index in [1.807, 2.05) is 42.5 Å². The highest BCUT2D eigenvalue weighted by Gasteiger charge is 2.20. The summed E-state index contributed by atoms with van der Waals surface area (Å²) in [6.07, 6.45) is 0.724. The quantitative estimate of drug-likeness (QED) is 0.421. The third-order valence-corrected chi connectivity index (χ3v) is 5.11. The lowest BCUT2D eigenvalue weighted by Crippen LogP contribution is -2.25. The zero-order chi connectivity index (χ0) is 21.6. The van der Waals surface area contributed by atoms with Crippen LogP contribution in [0, 0.1) is 0 Å². The maximum atomic E-state index is 12.2. The van der Waals surface area contributed by atoms with Crippen LogP contribution in [0.25, 0.3) is 16.9 Å². The van der Waals surface area contributed by atoms with E-state index in [0.717, 1.165) is 34.9 Å². The van der Waals surface area contributed by atoms with Gasteiger partial charge in [0.05, 0.1) is 17.9 Å². The Morgan fingerprint density at radius 3 is 2.10 bits per heavy atom. The summed E-state index contributed by atoms with van der Waals surface area (Å²) in [6, 6.07) is 30.7. The van der Waals surface area contributed by atoms with Gasteiger partial charge >= 0.3 is 0 Å². The van der Waals surface area contributed by atoms with Crippen molar-refractivity contribution in [3.63, 3.8) is 0 Å². The molecule has 1 N–H and O–H groups in total. The number of rotatable bonds is 7. The lowest BCUT2D eigenvalue weighted by atomic mass is 10.0. The predicted octanol–water partition coefficient (Wildman–Crippen LogP) is 5.32. The zero-order valence-corrected chi connectivity index (χ0v) is 17.6. The third-order valence-electron chi connectivity index (χ3n) is 5.11. The molecule has 31 heavy (non-hydrogen) atoms. The number of amides is 1. The molecule has 0 aliphatic carbocycles. The summed E-state index contributed by atoms with van der Waals surface area (Å²) in [6.45, 7) is 5.75. The first-order valence-corrected chi connectivity index (χ1v) is 10.3. The molecule has 0 spiro atoms. The van der Waals surface area contributed by atoms with Crippen LogP contribution in [0.5, 0.6) is 0 Å². The highest BCUT2D eigenvalue weighted by atomic mass is 16.1. The van der Waals surface area contributed by atoms with Gasteiger partial charge in [-0.05, 0) is 24.6 Å². The van der Waals surface area contributed by atoms with Gasteiger partial charge in [-0.2, -0.15) is 0 Å². The lowest BCUT2D eigenvalue weighted by molar-refractivity contribution is -0.117. The molecule has 4 heteroatoms. The summed E-state index contributed by atoms with van der Waals surface area (Å²) in [4.78, 5) is 17.2. The summed E-state index contributed by atoms with van der Waals surface area (Å²) in [5, 5.41) is 2.94. The average Bonchev–Trinajstić information content (AvgIpc) is 3.17. The molecule has 4 rings (SSSR count). The number of hydrogen-bond donors (Lipinski definition) is 1. The second-order valence-electron chi connectivity index (χ2n) is 7.49. The largest absolute Gasteiger partial charge is 0.345 e. The van der Waals surface area contributed by atoms with E-state index in [-0.39, 0.29) is 5.91 Å². The van der Waals surface area contributed by atoms with Gasteiger partial charge in [-0.15, -0.1) is 0 Å². The summed E-state index contributed by atoms with van der Waals surface area (Å²) in [5.74, 6) is 0.610. The first kappa shape index (κ1) is 20.4. The molecule has 0 bridgehead atoms. The summed E-state index contributed by atoms with van der Waals surface area (Å²) < 4.78 is 2.16. The van der Waals surface area contributed by atoms with Crippen LogP contribution in [-0.2, 0) is 17.8 Å². The summed E-state index contributed by atoms with van der Waals surface area (Å²) >= 11 is 0. The van der Waals surface area contributed by atoms with Gasteiger partial charge in [0, 0.05) is 23.2 Å². The van der Waals surface area contributed by atoms with Crippen molar-refractivity contribution in [2.24, 2.45) is 0 Å². The SMILES string of the molecule is C=C(C)C(=O)NCc1nc(-c2ccccc2)c(Cc2ccccc2)n1-c1ccccc1. The minimum Gasteiger partial charge on any atom is -0.345 e. The number of imidazole rings is 1. The van der Waals surface area contributed by atoms with Crippen molar-refractivity contribution in [2.75, 3.05) is 0 Å². The molecule has 154 valence electrons. The Labute approximate surface area is 182 Å². The monoisotopic (exact) mass is 407 g/mol. The van der Waals surface area contributed by atoms with E-state index in [4.69, 9.17) is 4.98 Å². The maximum Gasteiger partial charge on any atom is 0.246 e. The molecule has 4 nitrogen and oxygen atoms in total. The van der Waals surface area contributed by atoms with Crippen molar-refractivity contribution in [1.82, 2.24) is 14.9 Å². The number of aromatic nitrogens is 2. The van der Waals surface area contributed by atoms with Crippen LogP contribution in [0.15, 0.2) is 103 Å². The fraction of sp³-hybridized carbons (Fsp3) is 0.111. The van der Waals surface area contributed by atoms with Crippen molar-refractivity contribution < 1.29 is 4.79 Å². The molecule has 1 heterocycles. The Balaban J connectivity index is 1.88. The summed E-state index contributed by atoms with van der Waals surface area (Å²) in [7, 11) is 0. The average molecular weight is 408 g/mol. The number of nitrogens with one attached hydrogen (secondary N) is 1. The molecule has 0 radical (unpaired) electrons. The van der Waals surface area contributed by atoms with Gasteiger partial charge in [0.2, 0.25) is 5.91 Å². The van der Waals surface area contributed by atoms with Gasteiger partial charge in [0.25, 0.3) is 0 Å². The minimum absolute atomic E-state index is 0.173. The summed E-state index contributed by atoms with van der Waals surface area (Å²) in [5.41, 5.74) is 5.76. The first-order valence-electron chi connectivity index (χ1n) is 10.3. The zero-order valence-electron chi connectivity index (χ0n) is 17.6. The van der Waals surface area contributed by atoms with Crippen LogP contribution in [0.1, 0.15) is 24.0 Å². The molecule has 0 saturated heterocycles. The van der Waals surface area contributed by atoms with Crippen molar-refractivity contribution in [2.45, 2.75) is 19.9 Å². The van der Waals surface area contributed by atoms with E-state index in [1.165, 1.54) is 5.56 Å². The minimum atomic E-state index is -0.173. The van der Waals surface area contributed by atoms with E-state index in [0.29, 0.717) is 12.1 Å². The molecule has 0 atom stereocenters. The Morgan fingerprint density at radius 2 is 1.48 bits per heavy atom. The van der Waals surface area contributed by atoms with E-state index >= 15 is 0 Å². The van der Waals surface area contributed by atoms with E-state index in [9.17, 15) is 4.79 Å². The molecule has 0 fully saturated rings. The maximum absolute atomic E-state index is 12.2. The standard InChI is InChI=1S/C27H25N3O/c1-20(2)27(31)28-19-25-29-26(22-14-8-4-9-15-22)24(18-21-12-6-3-7-13-21)30(25)23-16-10-5-11-17-23/h3-17H,1,18-19H2,2H3,(H,28,31). The van der Waals surface area contributed by atoms with Gasteiger partial charge < -0.3 is 5.32 Å². The lowest BCUT2D eigenvalue weighted by Gasteiger charge is -2.14. The molecule has 3 aromatic carbocycles. The number of para-hydroxylation sites is 1. The number of carbonyl (C=O) groups is 1. The molecule has 1 amide bonds. The molecule has 0 saturated carbocycles. The highest BCUT2D eigenvalue weighted by molar-refractivity contribution is 5.92.